The minimum Gasteiger partial charge on any atom is -0.465 e. The number of hydrogen-bond donors (Lipinski definition) is 2. The van der Waals surface area contributed by atoms with Crippen LogP contribution in [0.2, 0.25) is 0 Å². The number of nitrogens with zero attached hydrogens (tertiary/aromatic N) is 1. The van der Waals surface area contributed by atoms with Crippen LogP contribution in [0, 0.1) is 0 Å². The molecular formula is C21H21N3O2. The van der Waals surface area contributed by atoms with Crippen molar-refractivity contribution in [1.29, 1.82) is 0 Å². The number of hydrogen-bond acceptors (Lipinski definition) is 3. The Labute approximate surface area is 151 Å². The predicted octanol–water partition coefficient (Wildman–Crippen LogP) is 4.43. The number of rotatable bonds is 4. The van der Waals surface area contributed by atoms with Gasteiger partial charge in [-0.25, -0.2) is 5.43 Å². The van der Waals surface area contributed by atoms with Crippen molar-refractivity contribution in [2.45, 2.75) is 32.1 Å². The van der Waals surface area contributed by atoms with Gasteiger partial charge in [-0.15, -0.1) is 0 Å². The lowest BCUT2D eigenvalue weighted by Crippen LogP contribution is -2.23. The molecule has 1 aliphatic carbocycles. The van der Waals surface area contributed by atoms with Crippen LogP contribution in [0.5, 0.6) is 0 Å². The highest BCUT2D eigenvalue weighted by molar-refractivity contribution is 6.04. The molecule has 0 atom stereocenters. The zero-order chi connectivity index (χ0) is 17.8. The molecule has 0 radical (unpaired) electrons. The van der Waals surface area contributed by atoms with Gasteiger partial charge in [0.15, 0.2) is 0 Å². The number of hydrazone groups is 1. The Morgan fingerprint density at radius 1 is 1.19 bits per heavy atom. The Morgan fingerprint density at radius 2 is 2.08 bits per heavy atom. The van der Waals surface area contributed by atoms with Crippen LogP contribution in [0.15, 0.2) is 63.9 Å². The van der Waals surface area contributed by atoms with Crippen molar-refractivity contribution >= 4 is 28.6 Å². The van der Waals surface area contributed by atoms with E-state index in [1.807, 2.05) is 48.7 Å². The first-order chi connectivity index (χ1) is 12.8. The fourth-order valence-electron chi connectivity index (χ4n) is 3.36. The number of para-hydroxylation sites is 1. The van der Waals surface area contributed by atoms with E-state index in [9.17, 15) is 4.79 Å². The zero-order valence-corrected chi connectivity index (χ0v) is 14.5. The average Bonchev–Trinajstić information content (AvgIpc) is 3.31. The smallest absolute Gasteiger partial charge is 0.244 e. The lowest BCUT2D eigenvalue weighted by molar-refractivity contribution is -0.120. The molecule has 2 aromatic heterocycles. The number of carbonyl (C=O) groups is 1. The normalized spacial score (nSPS) is 17.8. The number of furan rings is 1. The van der Waals surface area contributed by atoms with Crippen molar-refractivity contribution < 1.29 is 9.21 Å². The van der Waals surface area contributed by atoms with E-state index in [2.05, 4.69) is 15.5 Å². The molecule has 0 unspecified atom stereocenters. The van der Waals surface area contributed by atoms with E-state index < -0.39 is 0 Å². The lowest BCUT2D eigenvalue weighted by Gasteiger charge is -2.16. The second-order valence-corrected chi connectivity index (χ2v) is 6.52. The molecular weight excluding hydrogens is 326 g/mol. The van der Waals surface area contributed by atoms with Crippen molar-refractivity contribution in [2.24, 2.45) is 5.10 Å². The van der Waals surface area contributed by atoms with E-state index in [1.165, 1.54) is 0 Å². The molecule has 132 valence electrons. The number of aromatic nitrogens is 1. The van der Waals surface area contributed by atoms with Crippen LogP contribution in [0.4, 0.5) is 0 Å². The number of H-pyrrole nitrogens is 1. The number of nitrogens with one attached hydrogen (secondary N) is 2. The Bertz CT molecular complexity index is 964. The maximum absolute atomic E-state index is 12.4. The van der Waals surface area contributed by atoms with Crippen LogP contribution < -0.4 is 5.43 Å². The molecule has 5 nitrogen and oxygen atoms in total. The first kappa shape index (κ1) is 16.4. The van der Waals surface area contributed by atoms with E-state index >= 15 is 0 Å². The summed E-state index contributed by atoms with van der Waals surface area (Å²) >= 11 is 0. The molecule has 2 N–H and O–H groups in total. The summed E-state index contributed by atoms with van der Waals surface area (Å²) in [5.74, 6) is 0.713. The van der Waals surface area contributed by atoms with Crippen LogP contribution in [-0.2, 0) is 11.2 Å². The molecule has 5 heteroatoms. The number of aromatic amines is 1. The molecule has 1 aliphatic rings. The van der Waals surface area contributed by atoms with Crippen molar-refractivity contribution in [1.82, 2.24) is 10.4 Å². The molecule has 4 rings (SSSR count). The number of fused-ring (bicyclic) bond motifs is 1. The third kappa shape index (κ3) is 3.61. The molecule has 3 aromatic rings. The van der Waals surface area contributed by atoms with E-state index in [0.29, 0.717) is 6.42 Å². The molecule has 1 fully saturated rings. The van der Waals surface area contributed by atoms with Gasteiger partial charge in [0, 0.05) is 17.1 Å². The van der Waals surface area contributed by atoms with Gasteiger partial charge >= 0.3 is 0 Å². The standard InChI is InChI=1S/C21H21N3O2/c25-21(13-16-14-22-20-10-4-2-8-18(16)20)24-23-19-9-3-1-6-15(19)12-17-7-5-11-26-17/h2,4-5,7-8,10-12,14,22H,1,3,6,9,13H2,(H,24,25)/b15-12+,23-19+. The van der Waals surface area contributed by atoms with Crippen molar-refractivity contribution in [3.8, 4) is 0 Å². The summed E-state index contributed by atoms with van der Waals surface area (Å²) in [7, 11) is 0. The summed E-state index contributed by atoms with van der Waals surface area (Å²) in [6.45, 7) is 0. The first-order valence-corrected chi connectivity index (χ1v) is 8.94. The largest absolute Gasteiger partial charge is 0.465 e. The fourth-order valence-corrected chi connectivity index (χ4v) is 3.36. The van der Waals surface area contributed by atoms with Gasteiger partial charge in [0.05, 0.1) is 18.4 Å². The average molecular weight is 347 g/mol. The van der Waals surface area contributed by atoms with E-state index in [-0.39, 0.29) is 5.91 Å². The molecule has 0 bridgehead atoms. The lowest BCUT2D eigenvalue weighted by atomic mass is 9.92. The van der Waals surface area contributed by atoms with Gasteiger partial charge in [-0.3, -0.25) is 4.79 Å². The van der Waals surface area contributed by atoms with Gasteiger partial charge in [-0.1, -0.05) is 18.2 Å². The fraction of sp³-hybridized carbons (Fsp3) is 0.238. The molecule has 2 heterocycles. The maximum Gasteiger partial charge on any atom is 0.244 e. The number of benzene rings is 1. The van der Waals surface area contributed by atoms with Crippen LogP contribution in [0.1, 0.15) is 37.0 Å². The van der Waals surface area contributed by atoms with Crippen LogP contribution in [0.3, 0.4) is 0 Å². The molecule has 0 saturated heterocycles. The van der Waals surface area contributed by atoms with Crippen molar-refractivity contribution in [2.75, 3.05) is 0 Å². The Hall–Kier alpha value is -3.08. The first-order valence-electron chi connectivity index (χ1n) is 8.94. The number of carbonyl (C=O) groups excluding carboxylic acids is 1. The third-order valence-electron chi connectivity index (χ3n) is 4.68. The van der Waals surface area contributed by atoms with Crippen molar-refractivity contribution in [3.05, 3.63) is 65.8 Å². The van der Waals surface area contributed by atoms with E-state index in [4.69, 9.17) is 4.42 Å². The topological polar surface area (TPSA) is 70.4 Å². The van der Waals surface area contributed by atoms with Crippen LogP contribution in [-0.4, -0.2) is 16.6 Å². The van der Waals surface area contributed by atoms with Crippen LogP contribution in [0.25, 0.3) is 17.0 Å². The number of amides is 1. The summed E-state index contributed by atoms with van der Waals surface area (Å²) in [6, 6.07) is 11.8. The summed E-state index contributed by atoms with van der Waals surface area (Å²) in [5, 5.41) is 5.48. The SMILES string of the molecule is O=C(Cc1c[nH]c2ccccc12)N/N=C1\CCCC\C1=C/c1ccco1. The minimum atomic E-state index is -0.106. The minimum absolute atomic E-state index is 0.106. The van der Waals surface area contributed by atoms with E-state index in [1.54, 1.807) is 6.26 Å². The molecule has 0 aliphatic heterocycles. The summed E-state index contributed by atoms with van der Waals surface area (Å²) < 4.78 is 5.40. The molecule has 0 spiro atoms. The summed E-state index contributed by atoms with van der Waals surface area (Å²) in [6.07, 6.45) is 9.93. The van der Waals surface area contributed by atoms with Gasteiger partial charge in [0.1, 0.15) is 5.76 Å². The summed E-state index contributed by atoms with van der Waals surface area (Å²) in [5.41, 5.74) is 6.83. The highest BCUT2D eigenvalue weighted by Crippen LogP contribution is 2.23. The Kier molecular flexibility index (Phi) is 4.69. The van der Waals surface area contributed by atoms with Gasteiger partial charge < -0.3 is 9.40 Å². The predicted molar refractivity (Wildman–Crippen MR) is 103 cm³/mol. The third-order valence-corrected chi connectivity index (χ3v) is 4.68. The molecule has 1 amide bonds. The Balaban J connectivity index is 1.46. The Morgan fingerprint density at radius 3 is 2.96 bits per heavy atom. The monoisotopic (exact) mass is 347 g/mol. The van der Waals surface area contributed by atoms with Gasteiger partial charge in [0.25, 0.3) is 0 Å². The second kappa shape index (κ2) is 7.44. The van der Waals surface area contributed by atoms with Gasteiger partial charge in [-0.05, 0) is 61.1 Å². The number of allylic oxidation sites excluding steroid dienone is 1. The van der Waals surface area contributed by atoms with Gasteiger partial charge in [0.2, 0.25) is 5.91 Å². The van der Waals surface area contributed by atoms with Crippen molar-refractivity contribution in [3.63, 3.8) is 0 Å². The molecule has 1 saturated carbocycles. The quantitative estimate of drug-likeness (QED) is 0.685. The molecule has 26 heavy (non-hydrogen) atoms. The zero-order valence-electron chi connectivity index (χ0n) is 14.5. The summed E-state index contributed by atoms with van der Waals surface area (Å²) in [4.78, 5) is 15.5. The second-order valence-electron chi connectivity index (χ2n) is 6.52. The van der Waals surface area contributed by atoms with Gasteiger partial charge in [-0.2, -0.15) is 5.10 Å². The van der Waals surface area contributed by atoms with E-state index in [0.717, 1.165) is 59.2 Å². The highest BCUT2D eigenvalue weighted by Gasteiger charge is 2.15. The maximum atomic E-state index is 12.4. The molecule has 1 aromatic carbocycles. The van der Waals surface area contributed by atoms with Crippen LogP contribution >= 0.6 is 0 Å². The highest BCUT2D eigenvalue weighted by atomic mass is 16.3.